The lowest BCUT2D eigenvalue weighted by molar-refractivity contribution is 0.409. The van der Waals surface area contributed by atoms with E-state index in [1.807, 2.05) is 0 Å². The summed E-state index contributed by atoms with van der Waals surface area (Å²) in [6.07, 6.45) is 5.08. The van der Waals surface area contributed by atoms with Crippen LogP contribution < -0.4 is 0 Å². The van der Waals surface area contributed by atoms with Crippen LogP contribution in [0.3, 0.4) is 0 Å². The van der Waals surface area contributed by atoms with E-state index in [1.54, 1.807) is 0 Å². The van der Waals surface area contributed by atoms with Crippen molar-refractivity contribution in [3.05, 3.63) is 12.2 Å². The standard InChI is InChI=1S/C9H16S/c1-7-3-5-9(6-4-7)8(2)10/h8-10H,1,3-6H2,2H3. The molecule has 1 atom stereocenters. The molecule has 0 saturated heterocycles. The normalized spacial score (nSPS) is 24.8. The molecule has 1 saturated carbocycles. The molecule has 0 spiro atoms. The minimum atomic E-state index is 0.577. The van der Waals surface area contributed by atoms with Crippen LogP contribution in [0.2, 0.25) is 0 Å². The predicted octanol–water partition coefficient (Wildman–Crippen LogP) is 3.05. The van der Waals surface area contributed by atoms with Crippen molar-refractivity contribution in [3.8, 4) is 0 Å². The monoisotopic (exact) mass is 156 g/mol. The maximum absolute atomic E-state index is 4.44. The van der Waals surface area contributed by atoms with Crippen LogP contribution in [-0.4, -0.2) is 5.25 Å². The minimum Gasteiger partial charge on any atom is -0.176 e. The Balaban J connectivity index is 2.33. The molecule has 0 bridgehead atoms. The van der Waals surface area contributed by atoms with E-state index in [1.165, 1.54) is 31.3 Å². The molecule has 1 unspecified atom stereocenters. The molecular weight excluding hydrogens is 140 g/mol. The van der Waals surface area contributed by atoms with Gasteiger partial charge in [0.2, 0.25) is 0 Å². The molecule has 10 heavy (non-hydrogen) atoms. The highest BCUT2D eigenvalue weighted by Crippen LogP contribution is 2.30. The summed E-state index contributed by atoms with van der Waals surface area (Å²) in [5.41, 5.74) is 1.44. The summed E-state index contributed by atoms with van der Waals surface area (Å²) in [6, 6.07) is 0. The first-order valence-electron chi connectivity index (χ1n) is 4.05. The molecule has 0 aromatic heterocycles. The summed E-state index contributed by atoms with van der Waals surface area (Å²) >= 11 is 4.44. The maximum Gasteiger partial charge on any atom is 0.00169 e. The molecule has 0 radical (unpaired) electrons. The molecule has 1 rings (SSSR count). The number of allylic oxidation sites excluding steroid dienone is 1. The van der Waals surface area contributed by atoms with Gasteiger partial charge in [-0.05, 0) is 31.6 Å². The molecule has 0 N–H and O–H groups in total. The van der Waals surface area contributed by atoms with E-state index >= 15 is 0 Å². The van der Waals surface area contributed by atoms with Crippen LogP contribution in [0.1, 0.15) is 32.6 Å². The van der Waals surface area contributed by atoms with Crippen molar-refractivity contribution in [2.45, 2.75) is 37.9 Å². The van der Waals surface area contributed by atoms with Crippen molar-refractivity contribution >= 4 is 12.6 Å². The van der Waals surface area contributed by atoms with E-state index in [-0.39, 0.29) is 0 Å². The third-order valence-electron chi connectivity index (χ3n) is 2.42. The first-order valence-corrected chi connectivity index (χ1v) is 4.56. The zero-order valence-electron chi connectivity index (χ0n) is 6.64. The number of thiol groups is 1. The molecule has 1 aliphatic rings. The van der Waals surface area contributed by atoms with Crippen LogP contribution in [0, 0.1) is 5.92 Å². The summed E-state index contributed by atoms with van der Waals surface area (Å²) in [5.74, 6) is 0.842. The van der Waals surface area contributed by atoms with Gasteiger partial charge >= 0.3 is 0 Å². The van der Waals surface area contributed by atoms with Crippen LogP contribution in [0.5, 0.6) is 0 Å². The van der Waals surface area contributed by atoms with E-state index in [0.717, 1.165) is 5.92 Å². The lowest BCUT2D eigenvalue weighted by Crippen LogP contribution is -2.15. The largest absolute Gasteiger partial charge is 0.176 e. The molecule has 0 aromatic carbocycles. The van der Waals surface area contributed by atoms with Crippen LogP contribution in [0.25, 0.3) is 0 Å². The van der Waals surface area contributed by atoms with Crippen molar-refractivity contribution in [2.24, 2.45) is 5.92 Å². The number of hydrogen-bond donors (Lipinski definition) is 1. The highest BCUT2D eigenvalue weighted by atomic mass is 32.1. The van der Waals surface area contributed by atoms with Crippen LogP contribution in [-0.2, 0) is 0 Å². The van der Waals surface area contributed by atoms with E-state index in [9.17, 15) is 0 Å². The Kier molecular flexibility index (Phi) is 2.84. The molecular formula is C9H16S. The molecule has 1 heteroatoms. The van der Waals surface area contributed by atoms with E-state index in [0.29, 0.717) is 5.25 Å². The maximum atomic E-state index is 4.44. The van der Waals surface area contributed by atoms with E-state index in [2.05, 4.69) is 26.1 Å². The molecule has 1 aliphatic carbocycles. The molecule has 0 aromatic rings. The Morgan fingerprint density at radius 1 is 1.50 bits per heavy atom. The van der Waals surface area contributed by atoms with E-state index in [4.69, 9.17) is 0 Å². The Bertz CT molecular complexity index is 117. The first-order chi connectivity index (χ1) is 4.70. The van der Waals surface area contributed by atoms with Crippen molar-refractivity contribution in [2.75, 3.05) is 0 Å². The van der Waals surface area contributed by atoms with Crippen molar-refractivity contribution in [1.82, 2.24) is 0 Å². The van der Waals surface area contributed by atoms with Gasteiger partial charge in [0.05, 0.1) is 0 Å². The minimum absolute atomic E-state index is 0.577. The van der Waals surface area contributed by atoms with Gasteiger partial charge in [-0.1, -0.05) is 19.1 Å². The lowest BCUT2D eigenvalue weighted by atomic mass is 9.85. The second-order valence-corrected chi connectivity index (χ2v) is 4.14. The van der Waals surface area contributed by atoms with Gasteiger partial charge in [-0.3, -0.25) is 0 Å². The molecule has 0 nitrogen and oxygen atoms in total. The van der Waals surface area contributed by atoms with Crippen molar-refractivity contribution in [1.29, 1.82) is 0 Å². The second kappa shape index (κ2) is 3.47. The van der Waals surface area contributed by atoms with Gasteiger partial charge < -0.3 is 0 Å². The van der Waals surface area contributed by atoms with Crippen LogP contribution in [0.15, 0.2) is 12.2 Å². The summed E-state index contributed by atoms with van der Waals surface area (Å²) < 4.78 is 0. The quantitative estimate of drug-likeness (QED) is 0.438. The van der Waals surface area contributed by atoms with Gasteiger partial charge in [-0.2, -0.15) is 12.6 Å². The topological polar surface area (TPSA) is 0 Å². The lowest BCUT2D eigenvalue weighted by Gasteiger charge is -2.25. The number of rotatable bonds is 1. The third kappa shape index (κ3) is 2.05. The smallest absolute Gasteiger partial charge is 0.00169 e. The van der Waals surface area contributed by atoms with E-state index < -0.39 is 0 Å². The summed E-state index contributed by atoms with van der Waals surface area (Å²) in [5, 5.41) is 0.577. The highest BCUT2D eigenvalue weighted by molar-refractivity contribution is 7.80. The van der Waals surface area contributed by atoms with Crippen LogP contribution >= 0.6 is 12.6 Å². The van der Waals surface area contributed by atoms with Gasteiger partial charge in [-0.25, -0.2) is 0 Å². The van der Waals surface area contributed by atoms with Gasteiger partial charge in [0.15, 0.2) is 0 Å². The van der Waals surface area contributed by atoms with Gasteiger partial charge in [0.25, 0.3) is 0 Å². The van der Waals surface area contributed by atoms with Crippen LogP contribution in [0.4, 0.5) is 0 Å². The zero-order valence-corrected chi connectivity index (χ0v) is 7.53. The fourth-order valence-electron chi connectivity index (χ4n) is 1.53. The van der Waals surface area contributed by atoms with Gasteiger partial charge in [0, 0.05) is 5.25 Å². The van der Waals surface area contributed by atoms with Crippen molar-refractivity contribution in [3.63, 3.8) is 0 Å². The fraction of sp³-hybridized carbons (Fsp3) is 0.778. The predicted molar refractivity (Wildman–Crippen MR) is 49.5 cm³/mol. The Hall–Kier alpha value is 0.0900. The second-order valence-electron chi connectivity index (χ2n) is 3.33. The fourth-order valence-corrected chi connectivity index (χ4v) is 1.83. The summed E-state index contributed by atoms with van der Waals surface area (Å²) in [4.78, 5) is 0. The Labute approximate surface area is 69.1 Å². The van der Waals surface area contributed by atoms with Crippen molar-refractivity contribution < 1.29 is 0 Å². The number of hydrogen-bond acceptors (Lipinski definition) is 1. The van der Waals surface area contributed by atoms with Gasteiger partial charge in [-0.15, -0.1) is 0 Å². The highest BCUT2D eigenvalue weighted by Gasteiger charge is 2.18. The summed E-state index contributed by atoms with van der Waals surface area (Å²) in [7, 11) is 0. The molecule has 0 heterocycles. The zero-order chi connectivity index (χ0) is 7.56. The average Bonchev–Trinajstić information content (AvgIpc) is 1.88. The molecule has 58 valence electrons. The van der Waals surface area contributed by atoms with Gasteiger partial charge in [0.1, 0.15) is 0 Å². The average molecular weight is 156 g/mol. The summed E-state index contributed by atoms with van der Waals surface area (Å²) in [6.45, 7) is 6.18. The third-order valence-corrected chi connectivity index (χ3v) is 2.84. The molecule has 0 amide bonds. The molecule has 1 fully saturated rings. The molecule has 0 aliphatic heterocycles. The Morgan fingerprint density at radius 2 is 2.00 bits per heavy atom. The Morgan fingerprint density at radius 3 is 2.40 bits per heavy atom. The first kappa shape index (κ1) is 8.19. The SMILES string of the molecule is C=C1CCC(C(C)S)CC1.